The lowest BCUT2D eigenvalue weighted by Gasteiger charge is -2.20. The highest BCUT2D eigenvalue weighted by Gasteiger charge is 2.16. The Morgan fingerprint density at radius 2 is 2.05 bits per heavy atom. The Morgan fingerprint density at radius 1 is 1.35 bits per heavy atom. The average molecular weight is 275 g/mol. The summed E-state index contributed by atoms with van der Waals surface area (Å²) in [5, 5.41) is 12.9. The molecule has 0 spiro atoms. The van der Waals surface area contributed by atoms with Gasteiger partial charge in [0, 0.05) is 11.6 Å². The molecule has 20 heavy (non-hydrogen) atoms. The van der Waals surface area contributed by atoms with Gasteiger partial charge >= 0.3 is 5.97 Å². The van der Waals surface area contributed by atoms with Gasteiger partial charge in [0.1, 0.15) is 6.54 Å². The van der Waals surface area contributed by atoms with Crippen LogP contribution in [0, 0.1) is 0 Å². The van der Waals surface area contributed by atoms with E-state index in [0.717, 1.165) is 5.69 Å². The molecule has 0 saturated carbocycles. The summed E-state index contributed by atoms with van der Waals surface area (Å²) in [4.78, 5) is 16.9. The van der Waals surface area contributed by atoms with E-state index in [0.29, 0.717) is 18.3 Å². The van der Waals surface area contributed by atoms with Gasteiger partial charge in [0.2, 0.25) is 5.89 Å². The Bertz CT molecular complexity index is 566. The van der Waals surface area contributed by atoms with Gasteiger partial charge in [-0.2, -0.15) is 4.98 Å². The highest BCUT2D eigenvalue weighted by atomic mass is 16.5. The summed E-state index contributed by atoms with van der Waals surface area (Å²) in [6, 6.07) is 9.31. The van der Waals surface area contributed by atoms with Crippen LogP contribution in [-0.4, -0.2) is 27.8 Å². The van der Waals surface area contributed by atoms with Crippen molar-refractivity contribution in [2.24, 2.45) is 0 Å². The van der Waals surface area contributed by atoms with Gasteiger partial charge in [-0.15, -0.1) is 0 Å². The third-order valence-corrected chi connectivity index (χ3v) is 2.76. The minimum Gasteiger partial charge on any atom is -0.480 e. The van der Waals surface area contributed by atoms with Crippen LogP contribution in [-0.2, 0) is 11.3 Å². The molecule has 0 aliphatic carbocycles. The second kappa shape index (κ2) is 6.18. The monoisotopic (exact) mass is 275 g/mol. The smallest absolute Gasteiger partial charge is 0.323 e. The van der Waals surface area contributed by atoms with Gasteiger partial charge in [-0.05, 0) is 12.1 Å². The average Bonchev–Trinajstić information content (AvgIpc) is 2.87. The minimum absolute atomic E-state index is 0.116. The number of rotatable bonds is 6. The van der Waals surface area contributed by atoms with E-state index >= 15 is 0 Å². The number of carboxylic acid groups (broad SMARTS) is 1. The third-order valence-electron chi connectivity index (χ3n) is 2.76. The Kier molecular flexibility index (Phi) is 4.34. The zero-order valence-corrected chi connectivity index (χ0v) is 11.5. The van der Waals surface area contributed by atoms with E-state index in [1.807, 2.05) is 44.2 Å². The number of anilines is 1. The predicted octanol–water partition coefficient (Wildman–Crippen LogP) is 2.28. The van der Waals surface area contributed by atoms with Crippen LogP contribution in [0.3, 0.4) is 0 Å². The van der Waals surface area contributed by atoms with Crippen molar-refractivity contribution in [2.45, 2.75) is 26.3 Å². The minimum atomic E-state index is -0.901. The molecule has 0 radical (unpaired) electrons. The van der Waals surface area contributed by atoms with Crippen LogP contribution in [0.5, 0.6) is 0 Å². The zero-order chi connectivity index (χ0) is 14.5. The fourth-order valence-electron chi connectivity index (χ4n) is 1.78. The molecule has 0 amide bonds. The molecule has 6 nitrogen and oxygen atoms in total. The fraction of sp³-hybridized carbons (Fsp3) is 0.357. The Hall–Kier alpha value is -2.37. The first-order valence-electron chi connectivity index (χ1n) is 6.40. The van der Waals surface area contributed by atoms with Crippen molar-refractivity contribution in [3.63, 3.8) is 0 Å². The first kappa shape index (κ1) is 14.0. The van der Waals surface area contributed by atoms with Crippen molar-refractivity contribution in [1.29, 1.82) is 0 Å². The number of aliphatic carboxylic acids is 1. The van der Waals surface area contributed by atoms with Gasteiger partial charge in [0.15, 0.2) is 5.82 Å². The van der Waals surface area contributed by atoms with Gasteiger partial charge in [-0.25, -0.2) is 0 Å². The van der Waals surface area contributed by atoms with E-state index in [1.165, 1.54) is 0 Å². The number of hydrogen-bond donors (Lipinski definition) is 1. The SMILES string of the molecule is CC(C)c1nc(CN(CC(=O)O)c2ccccc2)no1. The Labute approximate surface area is 117 Å². The molecule has 1 heterocycles. The predicted molar refractivity (Wildman–Crippen MR) is 73.5 cm³/mol. The molecular weight excluding hydrogens is 258 g/mol. The van der Waals surface area contributed by atoms with Gasteiger partial charge in [-0.1, -0.05) is 37.2 Å². The van der Waals surface area contributed by atoms with Crippen molar-refractivity contribution in [3.05, 3.63) is 42.0 Å². The number of aromatic nitrogens is 2. The highest BCUT2D eigenvalue weighted by Crippen LogP contribution is 2.17. The van der Waals surface area contributed by atoms with Crippen LogP contribution < -0.4 is 4.90 Å². The van der Waals surface area contributed by atoms with E-state index < -0.39 is 5.97 Å². The maximum atomic E-state index is 11.0. The lowest BCUT2D eigenvalue weighted by molar-refractivity contribution is -0.135. The second-order valence-corrected chi connectivity index (χ2v) is 4.79. The van der Waals surface area contributed by atoms with Gasteiger partial charge < -0.3 is 14.5 Å². The molecular formula is C14H17N3O3. The summed E-state index contributed by atoms with van der Waals surface area (Å²) in [5.41, 5.74) is 0.811. The van der Waals surface area contributed by atoms with Crippen LogP contribution in [0.15, 0.2) is 34.9 Å². The van der Waals surface area contributed by atoms with Gasteiger partial charge in [-0.3, -0.25) is 4.79 Å². The maximum Gasteiger partial charge on any atom is 0.323 e. The van der Waals surface area contributed by atoms with Crippen LogP contribution in [0.4, 0.5) is 5.69 Å². The second-order valence-electron chi connectivity index (χ2n) is 4.79. The fourth-order valence-corrected chi connectivity index (χ4v) is 1.78. The lowest BCUT2D eigenvalue weighted by Crippen LogP contribution is -2.29. The molecule has 6 heteroatoms. The van der Waals surface area contributed by atoms with Crippen LogP contribution >= 0.6 is 0 Å². The molecule has 2 rings (SSSR count). The summed E-state index contributed by atoms with van der Waals surface area (Å²) < 4.78 is 5.13. The summed E-state index contributed by atoms with van der Waals surface area (Å²) >= 11 is 0. The molecule has 0 saturated heterocycles. The first-order valence-corrected chi connectivity index (χ1v) is 6.40. The van der Waals surface area contributed by atoms with E-state index in [9.17, 15) is 4.79 Å². The highest BCUT2D eigenvalue weighted by molar-refractivity contribution is 5.73. The van der Waals surface area contributed by atoms with E-state index in [2.05, 4.69) is 10.1 Å². The molecule has 1 aromatic carbocycles. The maximum absolute atomic E-state index is 11.0. The number of para-hydroxylation sites is 1. The lowest BCUT2D eigenvalue weighted by atomic mass is 10.2. The van der Waals surface area contributed by atoms with Crippen molar-refractivity contribution in [2.75, 3.05) is 11.4 Å². The molecule has 1 N–H and O–H groups in total. The Balaban J connectivity index is 2.17. The van der Waals surface area contributed by atoms with Crippen LogP contribution in [0.2, 0.25) is 0 Å². The number of hydrogen-bond acceptors (Lipinski definition) is 5. The van der Waals surface area contributed by atoms with Gasteiger partial charge in [0.25, 0.3) is 0 Å². The number of carboxylic acids is 1. The number of nitrogens with zero attached hydrogens (tertiary/aromatic N) is 3. The summed E-state index contributed by atoms with van der Waals surface area (Å²) in [7, 11) is 0. The standard InChI is InChI=1S/C14H17N3O3/c1-10(2)14-15-12(16-20-14)8-17(9-13(18)19)11-6-4-3-5-7-11/h3-7,10H,8-9H2,1-2H3,(H,18,19). The molecule has 0 aliphatic heterocycles. The molecule has 1 aromatic heterocycles. The van der Waals surface area contributed by atoms with Crippen molar-refractivity contribution in [1.82, 2.24) is 10.1 Å². The topological polar surface area (TPSA) is 79.5 Å². The van der Waals surface area contributed by atoms with E-state index in [-0.39, 0.29) is 12.5 Å². The molecule has 0 bridgehead atoms. The molecule has 2 aromatic rings. The molecule has 0 aliphatic rings. The van der Waals surface area contributed by atoms with Crippen LogP contribution in [0.25, 0.3) is 0 Å². The molecule has 0 unspecified atom stereocenters. The normalized spacial score (nSPS) is 10.8. The quantitative estimate of drug-likeness (QED) is 0.871. The molecule has 106 valence electrons. The van der Waals surface area contributed by atoms with Gasteiger partial charge in [0.05, 0.1) is 6.54 Å². The summed E-state index contributed by atoms with van der Waals surface area (Å²) in [6.07, 6.45) is 0. The Morgan fingerprint density at radius 3 is 2.60 bits per heavy atom. The largest absolute Gasteiger partial charge is 0.480 e. The zero-order valence-electron chi connectivity index (χ0n) is 11.5. The molecule has 0 atom stereocenters. The van der Waals surface area contributed by atoms with Crippen molar-refractivity contribution in [3.8, 4) is 0 Å². The summed E-state index contributed by atoms with van der Waals surface area (Å²) in [6.45, 7) is 4.11. The van der Waals surface area contributed by atoms with Crippen LogP contribution in [0.1, 0.15) is 31.5 Å². The van der Waals surface area contributed by atoms with E-state index in [1.54, 1.807) is 4.90 Å². The summed E-state index contributed by atoms with van der Waals surface area (Å²) in [5.74, 6) is 0.296. The third kappa shape index (κ3) is 3.57. The van der Waals surface area contributed by atoms with E-state index in [4.69, 9.17) is 9.63 Å². The first-order chi connectivity index (χ1) is 9.56. The van der Waals surface area contributed by atoms with Crippen molar-refractivity contribution >= 4 is 11.7 Å². The van der Waals surface area contributed by atoms with Crippen molar-refractivity contribution < 1.29 is 14.4 Å². The molecule has 0 fully saturated rings. The number of carbonyl (C=O) groups is 1. The number of benzene rings is 1.